The fourth-order valence-electron chi connectivity index (χ4n) is 1.58. The minimum Gasteiger partial charge on any atom is -0.382 e. The van der Waals surface area contributed by atoms with Gasteiger partial charge in [-0.3, -0.25) is 0 Å². The van der Waals surface area contributed by atoms with Crippen LogP contribution in [0.25, 0.3) is 0 Å². The van der Waals surface area contributed by atoms with Crippen LogP contribution < -0.4 is 5.32 Å². The normalized spacial score (nSPS) is 10.8. The third-order valence-corrected chi connectivity index (χ3v) is 2.78. The van der Waals surface area contributed by atoms with Crippen LogP contribution in [0, 0.1) is 0 Å². The van der Waals surface area contributed by atoms with Crippen LogP contribution in [0.4, 0.5) is 0 Å². The Bertz CT molecular complexity index is 320. The van der Waals surface area contributed by atoms with Crippen LogP contribution in [0.3, 0.4) is 0 Å². The first kappa shape index (κ1) is 15.4. The number of halogens is 1. The lowest BCUT2D eigenvalue weighted by molar-refractivity contribution is 0.0688. The molecule has 0 spiro atoms. The van der Waals surface area contributed by atoms with Crippen molar-refractivity contribution in [1.82, 2.24) is 5.32 Å². The topological polar surface area (TPSA) is 30.5 Å². The molecule has 1 aromatic carbocycles. The second kappa shape index (κ2) is 10.3. The van der Waals surface area contributed by atoms with Crippen LogP contribution in [0.2, 0.25) is 5.02 Å². The molecular weight excluding hydrogens is 250 g/mol. The number of rotatable bonds is 10. The van der Waals surface area contributed by atoms with E-state index in [9.17, 15) is 0 Å². The molecule has 0 fully saturated rings. The summed E-state index contributed by atoms with van der Waals surface area (Å²) in [5.41, 5.74) is 1.22. The highest BCUT2D eigenvalue weighted by Crippen LogP contribution is 2.10. The van der Waals surface area contributed by atoms with Crippen molar-refractivity contribution in [3.05, 3.63) is 34.9 Å². The number of methoxy groups -OCH3 is 1. The molecule has 0 aliphatic heterocycles. The van der Waals surface area contributed by atoms with Gasteiger partial charge in [0.2, 0.25) is 0 Å². The predicted molar refractivity (Wildman–Crippen MR) is 75.1 cm³/mol. The predicted octanol–water partition coefficient (Wildman–Crippen LogP) is 2.87. The molecule has 0 aliphatic carbocycles. The molecule has 18 heavy (non-hydrogen) atoms. The van der Waals surface area contributed by atoms with Crippen LogP contribution in [-0.4, -0.2) is 33.5 Å². The van der Waals surface area contributed by atoms with E-state index in [-0.39, 0.29) is 0 Å². The summed E-state index contributed by atoms with van der Waals surface area (Å²) >= 11 is 5.91. The van der Waals surface area contributed by atoms with Crippen LogP contribution >= 0.6 is 11.6 Å². The molecular formula is C14H22ClNO2. The van der Waals surface area contributed by atoms with Gasteiger partial charge in [0.05, 0.1) is 13.2 Å². The Hall–Kier alpha value is -0.610. The summed E-state index contributed by atoms with van der Waals surface area (Å²) in [5.74, 6) is 0. The molecule has 0 atom stereocenters. The van der Waals surface area contributed by atoms with Gasteiger partial charge in [-0.05, 0) is 37.1 Å². The van der Waals surface area contributed by atoms with Gasteiger partial charge in [0.1, 0.15) is 0 Å². The number of hydrogen-bond donors (Lipinski definition) is 1. The molecule has 1 N–H and O–H groups in total. The molecule has 0 saturated carbocycles. The molecule has 0 aromatic heterocycles. The average molecular weight is 272 g/mol. The van der Waals surface area contributed by atoms with Crippen LogP contribution in [-0.2, 0) is 16.0 Å². The maximum Gasteiger partial charge on any atom is 0.0700 e. The molecule has 1 rings (SSSR count). The average Bonchev–Trinajstić information content (AvgIpc) is 2.37. The first-order valence-electron chi connectivity index (χ1n) is 6.35. The van der Waals surface area contributed by atoms with E-state index in [4.69, 9.17) is 21.1 Å². The Labute approximate surface area is 114 Å². The monoisotopic (exact) mass is 271 g/mol. The van der Waals surface area contributed by atoms with Gasteiger partial charge < -0.3 is 14.8 Å². The largest absolute Gasteiger partial charge is 0.382 e. The quantitative estimate of drug-likeness (QED) is 0.664. The van der Waals surface area contributed by atoms with Crippen molar-refractivity contribution in [2.45, 2.75) is 19.4 Å². The van der Waals surface area contributed by atoms with Gasteiger partial charge in [0.25, 0.3) is 0 Å². The van der Waals surface area contributed by atoms with E-state index >= 15 is 0 Å². The Morgan fingerprint density at radius 2 is 2.06 bits per heavy atom. The molecule has 102 valence electrons. The lowest BCUT2D eigenvalue weighted by Gasteiger charge is -2.06. The number of nitrogens with one attached hydrogen (secondary N) is 1. The van der Waals surface area contributed by atoms with E-state index in [2.05, 4.69) is 11.4 Å². The molecule has 0 saturated heterocycles. The number of ether oxygens (including phenoxy) is 2. The SMILES string of the molecule is COCCOCCCCNCc1cccc(Cl)c1. The highest BCUT2D eigenvalue weighted by Gasteiger charge is 1.94. The smallest absolute Gasteiger partial charge is 0.0700 e. The van der Waals surface area contributed by atoms with Gasteiger partial charge in [-0.2, -0.15) is 0 Å². The zero-order valence-corrected chi connectivity index (χ0v) is 11.7. The second-order valence-electron chi connectivity index (χ2n) is 4.12. The summed E-state index contributed by atoms with van der Waals surface area (Å²) in [7, 11) is 1.68. The van der Waals surface area contributed by atoms with Crippen molar-refractivity contribution in [3.63, 3.8) is 0 Å². The van der Waals surface area contributed by atoms with Gasteiger partial charge in [0.15, 0.2) is 0 Å². The summed E-state index contributed by atoms with van der Waals surface area (Å²) < 4.78 is 10.3. The van der Waals surface area contributed by atoms with Gasteiger partial charge in [-0.1, -0.05) is 23.7 Å². The van der Waals surface area contributed by atoms with Crippen LogP contribution in [0.15, 0.2) is 24.3 Å². The van der Waals surface area contributed by atoms with E-state index in [1.807, 2.05) is 18.2 Å². The third-order valence-electron chi connectivity index (χ3n) is 2.54. The van der Waals surface area contributed by atoms with Crippen molar-refractivity contribution >= 4 is 11.6 Å². The molecule has 1 aromatic rings. The van der Waals surface area contributed by atoms with E-state index in [1.54, 1.807) is 7.11 Å². The Morgan fingerprint density at radius 1 is 1.17 bits per heavy atom. The van der Waals surface area contributed by atoms with Gasteiger partial charge in [0, 0.05) is 25.3 Å². The fourth-order valence-corrected chi connectivity index (χ4v) is 1.79. The molecule has 0 amide bonds. The van der Waals surface area contributed by atoms with Crippen molar-refractivity contribution in [2.75, 3.05) is 33.5 Å². The van der Waals surface area contributed by atoms with Gasteiger partial charge in [-0.25, -0.2) is 0 Å². The van der Waals surface area contributed by atoms with Crippen LogP contribution in [0.5, 0.6) is 0 Å². The van der Waals surface area contributed by atoms with Crippen molar-refractivity contribution in [2.24, 2.45) is 0 Å². The molecule has 0 heterocycles. The Balaban J connectivity index is 1.92. The maximum absolute atomic E-state index is 5.91. The van der Waals surface area contributed by atoms with Crippen molar-refractivity contribution < 1.29 is 9.47 Å². The number of hydrogen-bond acceptors (Lipinski definition) is 3. The van der Waals surface area contributed by atoms with Gasteiger partial charge >= 0.3 is 0 Å². The lowest BCUT2D eigenvalue weighted by Crippen LogP contribution is -2.15. The fraction of sp³-hybridized carbons (Fsp3) is 0.571. The Kier molecular flexibility index (Phi) is 8.86. The molecule has 0 unspecified atom stereocenters. The standard InChI is InChI=1S/C14H22ClNO2/c1-17-9-10-18-8-3-2-7-16-12-13-5-4-6-14(15)11-13/h4-6,11,16H,2-3,7-10,12H2,1H3. The summed E-state index contributed by atoms with van der Waals surface area (Å²) in [6, 6.07) is 7.93. The molecule has 0 aliphatic rings. The highest BCUT2D eigenvalue weighted by molar-refractivity contribution is 6.30. The van der Waals surface area contributed by atoms with E-state index < -0.39 is 0 Å². The Morgan fingerprint density at radius 3 is 2.83 bits per heavy atom. The van der Waals surface area contributed by atoms with Crippen molar-refractivity contribution in [1.29, 1.82) is 0 Å². The van der Waals surface area contributed by atoms with Crippen LogP contribution in [0.1, 0.15) is 18.4 Å². The van der Waals surface area contributed by atoms with E-state index in [0.717, 1.165) is 37.6 Å². The molecule has 3 nitrogen and oxygen atoms in total. The first-order valence-corrected chi connectivity index (χ1v) is 6.72. The van der Waals surface area contributed by atoms with E-state index in [1.165, 1.54) is 5.56 Å². The molecule has 0 bridgehead atoms. The minimum atomic E-state index is 0.674. The minimum absolute atomic E-state index is 0.674. The lowest BCUT2D eigenvalue weighted by atomic mass is 10.2. The number of unbranched alkanes of at least 4 members (excludes halogenated alkanes) is 1. The van der Waals surface area contributed by atoms with Crippen molar-refractivity contribution in [3.8, 4) is 0 Å². The number of benzene rings is 1. The van der Waals surface area contributed by atoms with E-state index in [0.29, 0.717) is 13.2 Å². The first-order chi connectivity index (χ1) is 8.83. The zero-order valence-electron chi connectivity index (χ0n) is 11.0. The molecule has 0 radical (unpaired) electrons. The zero-order chi connectivity index (χ0) is 13.1. The summed E-state index contributed by atoms with van der Waals surface area (Å²) in [6.45, 7) is 4.03. The highest BCUT2D eigenvalue weighted by atomic mass is 35.5. The molecule has 4 heteroatoms. The second-order valence-corrected chi connectivity index (χ2v) is 4.56. The summed E-state index contributed by atoms with van der Waals surface area (Å²) in [5, 5.41) is 4.18. The maximum atomic E-state index is 5.91. The third kappa shape index (κ3) is 7.67. The summed E-state index contributed by atoms with van der Waals surface area (Å²) in [6.07, 6.45) is 2.19. The summed E-state index contributed by atoms with van der Waals surface area (Å²) in [4.78, 5) is 0. The van der Waals surface area contributed by atoms with Gasteiger partial charge in [-0.15, -0.1) is 0 Å².